The van der Waals surface area contributed by atoms with Gasteiger partial charge in [-0.15, -0.1) is 0 Å². The van der Waals surface area contributed by atoms with E-state index in [-0.39, 0.29) is 24.3 Å². The van der Waals surface area contributed by atoms with Crippen molar-refractivity contribution in [1.82, 2.24) is 5.32 Å². The predicted octanol–water partition coefficient (Wildman–Crippen LogP) is 18.2. The first-order chi connectivity index (χ1) is 31.9. The number of hydrogen-bond donors (Lipinski definition) is 3. The SMILES string of the molecule is CCC(C)C1CCC(CCCCCC(C)C2CCC(CCC(C)CCC(C)C3CCC(CCC(C)CCC(CC(=O)O)NC)C3)C2)C1.CCC(CCC1CCC(C(C(=O)O)C(C)C)C1)C(C)C. The van der Waals surface area contributed by atoms with Crippen LogP contribution in [0.1, 0.15) is 269 Å². The standard InChI is InChI=1S/C44H83NO2.C18H34O2/c1-8-34(4)40-24-21-37(28-40)13-11-9-10-12-35(5)41-25-22-38(29-41)19-15-32(2)14-18-36(6)42-26-23-39(30-42)20-16-33(3)17-27-43(45-7)31-44(46)47;1-6-15(12(2)3)9-7-14-8-10-16(11-14)17(13(4)5)18(19)20/h32-43,45H,8-31H2,1-7H3,(H,46,47);12-17H,6-11H2,1-5H3,(H,19,20). The lowest BCUT2D eigenvalue weighted by molar-refractivity contribution is -0.145. The lowest BCUT2D eigenvalue weighted by atomic mass is 9.81. The summed E-state index contributed by atoms with van der Waals surface area (Å²) in [5.41, 5.74) is 0. The zero-order valence-electron chi connectivity index (χ0n) is 46.8. The van der Waals surface area contributed by atoms with Gasteiger partial charge in [-0.3, -0.25) is 9.59 Å². The Labute approximate surface area is 417 Å². The van der Waals surface area contributed by atoms with Crippen LogP contribution in [0.25, 0.3) is 0 Å². The van der Waals surface area contributed by atoms with E-state index in [2.05, 4.69) is 81.5 Å². The van der Waals surface area contributed by atoms with Gasteiger partial charge in [0.2, 0.25) is 0 Å². The quantitative estimate of drug-likeness (QED) is 0.0571. The molecular weight excluding hydrogens is 823 g/mol. The zero-order valence-corrected chi connectivity index (χ0v) is 46.8. The maximum Gasteiger partial charge on any atom is 0.307 e. The van der Waals surface area contributed by atoms with Crippen LogP contribution >= 0.6 is 0 Å². The number of nitrogens with one attached hydrogen (secondary N) is 1. The third-order valence-electron chi connectivity index (χ3n) is 20.2. The van der Waals surface area contributed by atoms with Crippen LogP contribution < -0.4 is 5.32 Å². The molecule has 0 radical (unpaired) electrons. The molecule has 0 aromatic carbocycles. The van der Waals surface area contributed by atoms with Crippen LogP contribution in [0.3, 0.4) is 0 Å². The van der Waals surface area contributed by atoms with Gasteiger partial charge < -0.3 is 15.5 Å². The molecule has 394 valence electrons. The average Bonchev–Trinajstić information content (AvgIpc) is 4.14. The molecule has 4 saturated carbocycles. The number of carbonyl (C=O) groups is 2. The van der Waals surface area contributed by atoms with E-state index in [1.54, 1.807) is 0 Å². The number of carboxylic acid groups (broad SMARTS) is 2. The first-order valence-electron chi connectivity index (χ1n) is 30.1. The molecular formula is C62H117NO4. The molecule has 0 bridgehead atoms. The Balaban J connectivity index is 0.000000496. The summed E-state index contributed by atoms with van der Waals surface area (Å²) in [6.07, 6.45) is 40.6. The molecule has 4 aliphatic rings. The van der Waals surface area contributed by atoms with Crippen molar-refractivity contribution in [1.29, 1.82) is 0 Å². The van der Waals surface area contributed by atoms with E-state index in [1.807, 2.05) is 7.05 Å². The Morgan fingerprint density at radius 3 is 1.40 bits per heavy atom. The van der Waals surface area contributed by atoms with Gasteiger partial charge in [-0.1, -0.05) is 192 Å². The van der Waals surface area contributed by atoms with Gasteiger partial charge in [-0.25, -0.2) is 0 Å². The monoisotopic (exact) mass is 940 g/mol. The molecule has 5 heteroatoms. The van der Waals surface area contributed by atoms with Crippen molar-refractivity contribution < 1.29 is 19.8 Å². The summed E-state index contributed by atoms with van der Waals surface area (Å²) in [7, 11) is 1.89. The molecule has 0 spiro atoms. The molecule has 0 aromatic rings. The van der Waals surface area contributed by atoms with Gasteiger partial charge in [-0.2, -0.15) is 0 Å². The van der Waals surface area contributed by atoms with Gasteiger partial charge in [-0.05, 0) is 172 Å². The maximum absolute atomic E-state index is 11.4. The second-order valence-electron chi connectivity index (χ2n) is 25.9. The molecule has 4 aliphatic carbocycles. The van der Waals surface area contributed by atoms with E-state index in [0.717, 1.165) is 103 Å². The molecule has 0 aromatic heterocycles. The minimum absolute atomic E-state index is 0.117. The highest BCUT2D eigenvalue weighted by Gasteiger charge is 2.37. The van der Waals surface area contributed by atoms with Crippen molar-refractivity contribution in [3.63, 3.8) is 0 Å². The maximum atomic E-state index is 11.4. The molecule has 4 fully saturated rings. The van der Waals surface area contributed by atoms with Gasteiger partial charge in [0.1, 0.15) is 0 Å². The van der Waals surface area contributed by atoms with Crippen molar-refractivity contribution in [3.8, 4) is 0 Å². The van der Waals surface area contributed by atoms with Gasteiger partial charge in [0.15, 0.2) is 0 Å². The highest BCUT2D eigenvalue weighted by atomic mass is 16.4. The van der Waals surface area contributed by atoms with Crippen molar-refractivity contribution in [2.45, 2.75) is 275 Å². The summed E-state index contributed by atoms with van der Waals surface area (Å²) in [6, 6.07) is 0.117. The fourth-order valence-corrected chi connectivity index (χ4v) is 14.7. The predicted molar refractivity (Wildman–Crippen MR) is 288 cm³/mol. The molecule has 0 saturated heterocycles. The molecule has 0 amide bonds. The van der Waals surface area contributed by atoms with Crippen molar-refractivity contribution in [3.05, 3.63) is 0 Å². The third-order valence-corrected chi connectivity index (χ3v) is 20.2. The molecule has 0 heterocycles. The van der Waals surface area contributed by atoms with Gasteiger partial charge in [0.25, 0.3) is 0 Å². The van der Waals surface area contributed by atoms with E-state index in [0.29, 0.717) is 11.8 Å². The van der Waals surface area contributed by atoms with E-state index in [9.17, 15) is 14.7 Å². The van der Waals surface area contributed by atoms with E-state index < -0.39 is 11.9 Å². The van der Waals surface area contributed by atoms with Gasteiger partial charge >= 0.3 is 11.9 Å². The summed E-state index contributed by atoms with van der Waals surface area (Å²) in [6.45, 7) is 26.0. The minimum atomic E-state index is -0.690. The third kappa shape index (κ3) is 22.9. The van der Waals surface area contributed by atoms with E-state index in [1.165, 1.54) is 161 Å². The number of aliphatic carboxylic acids is 2. The molecule has 3 N–H and O–H groups in total. The molecule has 16 atom stereocenters. The second-order valence-corrected chi connectivity index (χ2v) is 25.9. The number of carboxylic acids is 2. The summed E-state index contributed by atoms with van der Waals surface area (Å²) in [5.74, 6) is 12.1. The fraction of sp³-hybridized carbons (Fsp3) is 0.968. The highest BCUT2D eigenvalue weighted by Crippen LogP contribution is 2.44. The Morgan fingerprint density at radius 2 is 0.940 bits per heavy atom. The molecule has 5 nitrogen and oxygen atoms in total. The Bertz CT molecular complexity index is 1300. The molecule has 67 heavy (non-hydrogen) atoms. The van der Waals surface area contributed by atoms with Gasteiger partial charge in [0, 0.05) is 6.04 Å². The Kier molecular flexibility index (Phi) is 29.5. The zero-order chi connectivity index (χ0) is 49.5. The van der Waals surface area contributed by atoms with Crippen LogP contribution in [0.4, 0.5) is 0 Å². The van der Waals surface area contributed by atoms with Crippen LogP contribution in [0.5, 0.6) is 0 Å². The Morgan fingerprint density at radius 1 is 0.478 bits per heavy atom. The largest absolute Gasteiger partial charge is 0.481 e. The molecule has 0 aliphatic heterocycles. The Hall–Kier alpha value is -1.10. The van der Waals surface area contributed by atoms with Crippen molar-refractivity contribution >= 4 is 11.9 Å². The molecule has 16 unspecified atom stereocenters. The number of unbranched alkanes of at least 4 members (excludes halogenated alkanes) is 2. The van der Waals surface area contributed by atoms with Crippen LogP contribution in [-0.2, 0) is 9.59 Å². The normalized spacial score (nSPS) is 29.0. The van der Waals surface area contributed by atoms with Crippen molar-refractivity contribution in [2.75, 3.05) is 7.05 Å². The summed E-state index contributed by atoms with van der Waals surface area (Å²) in [5, 5.41) is 21.7. The number of hydrogen-bond acceptors (Lipinski definition) is 3. The minimum Gasteiger partial charge on any atom is -0.481 e. The van der Waals surface area contributed by atoms with Gasteiger partial charge in [0.05, 0.1) is 12.3 Å². The lowest BCUT2D eigenvalue weighted by Gasteiger charge is -2.24. The first-order valence-corrected chi connectivity index (χ1v) is 30.1. The lowest BCUT2D eigenvalue weighted by Crippen LogP contribution is -2.28. The van der Waals surface area contributed by atoms with Crippen molar-refractivity contribution in [2.24, 2.45) is 101 Å². The average molecular weight is 941 g/mol. The topological polar surface area (TPSA) is 86.6 Å². The first kappa shape index (κ1) is 60.2. The van der Waals surface area contributed by atoms with E-state index >= 15 is 0 Å². The smallest absolute Gasteiger partial charge is 0.307 e. The summed E-state index contributed by atoms with van der Waals surface area (Å²) in [4.78, 5) is 22.5. The van der Waals surface area contributed by atoms with Crippen LogP contribution in [0.2, 0.25) is 0 Å². The van der Waals surface area contributed by atoms with Crippen LogP contribution in [0.15, 0.2) is 0 Å². The number of rotatable bonds is 33. The fourth-order valence-electron chi connectivity index (χ4n) is 14.7. The van der Waals surface area contributed by atoms with Crippen LogP contribution in [-0.4, -0.2) is 35.2 Å². The summed E-state index contributed by atoms with van der Waals surface area (Å²) >= 11 is 0. The van der Waals surface area contributed by atoms with Crippen LogP contribution in [0, 0.1) is 101 Å². The highest BCUT2D eigenvalue weighted by molar-refractivity contribution is 5.70. The summed E-state index contributed by atoms with van der Waals surface area (Å²) < 4.78 is 0. The molecule has 4 rings (SSSR count). The van der Waals surface area contributed by atoms with E-state index in [4.69, 9.17) is 5.11 Å². The second kappa shape index (κ2) is 32.8.